The second kappa shape index (κ2) is 11.0. The Morgan fingerprint density at radius 1 is 1.25 bits per heavy atom. The standard InChI is InChI=1S/C16H28F2N4O.HI/c1-2-19-16(20-10-14(17)18)21-13-8-9-22(11-13)15(23)12-6-4-3-5-7-12;/h12-14H,2-11H2,1H3,(H2,19,20,21);1H. The van der Waals surface area contributed by atoms with E-state index in [4.69, 9.17) is 0 Å². The summed E-state index contributed by atoms with van der Waals surface area (Å²) in [6.07, 6.45) is 3.93. The number of hydrogen-bond acceptors (Lipinski definition) is 2. The Morgan fingerprint density at radius 3 is 2.58 bits per heavy atom. The van der Waals surface area contributed by atoms with Gasteiger partial charge in [-0.15, -0.1) is 24.0 Å². The average molecular weight is 458 g/mol. The largest absolute Gasteiger partial charge is 0.357 e. The molecule has 1 saturated heterocycles. The molecular formula is C16H29F2IN4O. The van der Waals surface area contributed by atoms with Crippen LogP contribution in [0.15, 0.2) is 4.99 Å². The number of amides is 1. The number of likely N-dealkylation sites (tertiary alicyclic amines) is 1. The predicted octanol–water partition coefficient (Wildman–Crippen LogP) is 2.61. The number of nitrogens with one attached hydrogen (secondary N) is 2. The van der Waals surface area contributed by atoms with Crippen LogP contribution in [0, 0.1) is 5.92 Å². The average Bonchev–Trinajstić information content (AvgIpc) is 3.01. The van der Waals surface area contributed by atoms with Crippen LogP contribution in [0.3, 0.4) is 0 Å². The minimum Gasteiger partial charge on any atom is -0.357 e. The van der Waals surface area contributed by atoms with E-state index in [1.165, 1.54) is 6.42 Å². The van der Waals surface area contributed by atoms with Crippen molar-refractivity contribution in [3.05, 3.63) is 0 Å². The summed E-state index contributed by atoms with van der Waals surface area (Å²) in [6, 6.07) is 0.0815. The van der Waals surface area contributed by atoms with Gasteiger partial charge in [-0.1, -0.05) is 19.3 Å². The highest BCUT2D eigenvalue weighted by Gasteiger charge is 2.31. The number of carbonyl (C=O) groups is 1. The summed E-state index contributed by atoms with van der Waals surface area (Å²) in [5, 5.41) is 6.15. The van der Waals surface area contributed by atoms with E-state index in [-0.39, 0.29) is 41.8 Å². The Kier molecular flexibility index (Phi) is 9.84. The molecule has 0 aromatic rings. The molecule has 2 fully saturated rings. The minimum absolute atomic E-state index is 0. The lowest BCUT2D eigenvalue weighted by Gasteiger charge is -2.26. The Labute approximate surface area is 160 Å². The van der Waals surface area contributed by atoms with Gasteiger partial charge in [-0.2, -0.15) is 0 Å². The van der Waals surface area contributed by atoms with E-state index in [0.29, 0.717) is 19.0 Å². The number of nitrogens with zero attached hydrogens (tertiary/aromatic N) is 2. The zero-order valence-corrected chi connectivity index (χ0v) is 16.6. The lowest BCUT2D eigenvalue weighted by molar-refractivity contribution is -0.135. The van der Waals surface area contributed by atoms with Crippen molar-refractivity contribution in [1.82, 2.24) is 15.5 Å². The zero-order chi connectivity index (χ0) is 16.7. The van der Waals surface area contributed by atoms with Crippen molar-refractivity contribution in [1.29, 1.82) is 0 Å². The maximum absolute atomic E-state index is 12.5. The van der Waals surface area contributed by atoms with E-state index in [2.05, 4.69) is 15.6 Å². The summed E-state index contributed by atoms with van der Waals surface area (Å²) < 4.78 is 24.6. The third-order valence-corrected chi connectivity index (χ3v) is 4.53. The van der Waals surface area contributed by atoms with Crippen LogP contribution in [0.5, 0.6) is 0 Å². The van der Waals surface area contributed by atoms with Crippen LogP contribution in [0.4, 0.5) is 8.78 Å². The van der Waals surface area contributed by atoms with Crippen LogP contribution in [0.25, 0.3) is 0 Å². The fourth-order valence-corrected chi connectivity index (χ4v) is 3.36. The van der Waals surface area contributed by atoms with E-state index in [9.17, 15) is 13.6 Å². The summed E-state index contributed by atoms with van der Waals surface area (Å²) in [5.41, 5.74) is 0. The van der Waals surface area contributed by atoms with Gasteiger partial charge in [0.05, 0.1) is 0 Å². The van der Waals surface area contributed by atoms with Crippen molar-refractivity contribution >= 4 is 35.8 Å². The summed E-state index contributed by atoms with van der Waals surface area (Å²) in [4.78, 5) is 18.3. The van der Waals surface area contributed by atoms with Gasteiger partial charge in [0.1, 0.15) is 6.54 Å². The molecule has 1 unspecified atom stereocenters. The van der Waals surface area contributed by atoms with Crippen molar-refractivity contribution in [2.45, 2.75) is 57.9 Å². The highest BCUT2D eigenvalue weighted by molar-refractivity contribution is 14.0. The second-order valence-corrected chi connectivity index (χ2v) is 6.36. The molecule has 0 aromatic carbocycles. The molecule has 0 spiro atoms. The molecule has 24 heavy (non-hydrogen) atoms. The number of alkyl halides is 2. The van der Waals surface area contributed by atoms with Crippen molar-refractivity contribution < 1.29 is 13.6 Å². The van der Waals surface area contributed by atoms with E-state index in [0.717, 1.165) is 38.6 Å². The summed E-state index contributed by atoms with van der Waals surface area (Å²) in [5.74, 6) is 0.858. The second-order valence-electron chi connectivity index (χ2n) is 6.36. The van der Waals surface area contributed by atoms with Crippen molar-refractivity contribution in [3.8, 4) is 0 Å². The lowest BCUT2D eigenvalue weighted by Crippen LogP contribution is -2.45. The van der Waals surface area contributed by atoms with Gasteiger partial charge in [0.15, 0.2) is 5.96 Å². The predicted molar refractivity (Wildman–Crippen MR) is 102 cm³/mol. The Hall–Kier alpha value is -0.670. The van der Waals surface area contributed by atoms with Crippen LogP contribution >= 0.6 is 24.0 Å². The molecule has 0 radical (unpaired) electrons. The molecule has 0 aromatic heterocycles. The molecule has 5 nitrogen and oxygen atoms in total. The maximum Gasteiger partial charge on any atom is 0.257 e. The first-order valence-corrected chi connectivity index (χ1v) is 8.72. The third-order valence-electron chi connectivity index (χ3n) is 4.53. The van der Waals surface area contributed by atoms with Gasteiger partial charge >= 0.3 is 0 Å². The fourth-order valence-electron chi connectivity index (χ4n) is 3.36. The van der Waals surface area contributed by atoms with Crippen LogP contribution in [0.1, 0.15) is 45.4 Å². The van der Waals surface area contributed by atoms with Crippen LogP contribution < -0.4 is 10.6 Å². The molecule has 1 atom stereocenters. The first-order valence-electron chi connectivity index (χ1n) is 8.72. The van der Waals surface area contributed by atoms with E-state index in [1.54, 1.807) is 0 Å². The first kappa shape index (κ1) is 21.4. The van der Waals surface area contributed by atoms with Gasteiger partial charge in [-0.25, -0.2) is 13.8 Å². The number of carbonyl (C=O) groups excluding carboxylic acids is 1. The molecule has 2 N–H and O–H groups in total. The summed E-state index contributed by atoms with van der Waals surface area (Å²) >= 11 is 0. The molecule has 0 bridgehead atoms. The summed E-state index contributed by atoms with van der Waals surface area (Å²) in [7, 11) is 0. The van der Waals surface area contributed by atoms with E-state index in [1.807, 2.05) is 11.8 Å². The quantitative estimate of drug-likeness (QED) is 0.379. The normalized spacial score (nSPS) is 22.4. The lowest BCUT2D eigenvalue weighted by atomic mass is 9.88. The topological polar surface area (TPSA) is 56.7 Å². The highest BCUT2D eigenvalue weighted by atomic mass is 127. The van der Waals surface area contributed by atoms with Gasteiger partial charge < -0.3 is 15.5 Å². The number of halogens is 3. The van der Waals surface area contributed by atoms with Crippen molar-refractivity contribution in [2.75, 3.05) is 26.2 Å². The smallest absolute Gasteiger partial charge is 0.257 e. The zero-order valence-electron chi connectivity index (χ0n) is 14.3. The molecule has 1 aliphatic carbocycles. The minimum atomic E-state index is -2.45. The monoisotopic (exact) mass is 458 g/mol. The molecule has 1 saturated carbocycles. The number of aliphatic imine (C=N–C) groups is 1. The van der Waals surface area contributed by atoms with Crippen LogP contribution in [-0.2, 0) is 4.79 Å². The SMILES string of the molecule is CCNC(=NCC(F)F)NC1CCN(C(=O)C2CCCCC2)C1.I. The molecule has 140 valence electrons. The fraction of sp³-hybridized carbons (Fsp3) is 0.875. The van der Waals surface area contributed by atoms with Crippen LogP contribution in [-0.4, -0.2) is 55.4 Å². The maximum atomic E-state index is 12.5. The number of hydrogen-bond donors (Lipinski definition) is 2. The molecule has 8 heteroatoms. The molecule has 2 rings (SSSR count). The van der Waals surface area contributed by atoms with Gasteiger partial charge in [-0.05, 0) is 26.2 Å². The molecule has 1 aliphatic heterocycles. The molecule has 2 aliphatic rings. The molecule has 1 amide bonds. The van der Waals surface area contributed by atoms with Crippen molar-refractivity contribution in [2.24, 2.45) is 10.9 Å². The van der Waals surface area contributed by atoms with Crippen molar-refractivity contribution in [3.63, 3.8) is 0 Å². The molecule has 1 heterocycles. The Morgan fingerprint density at radius 2 is 1.96 bits per heavy atom. The van der Waals surface area contributed by atoms with Gasteiger partial charge in [0.25, 0.3) is 6.43 Å². The van der Waals surface area contributed by atoms with Crippen LogP contribution in [0.2, 0.25) is 0 Å². The van der Waals surface area contributed by atoms with E-state index >= 15 is 0 Å². The Balaban J connectivity index is 0.00000288. The summed E-state index contributed by atoms with van der Waals surface area (Å²) in [6.45, 7) is 3.38. The highest BCUT2D eigenvalue weighted by Crippen LogP contribution is 2.26. The van der Waals surface area contributed by atoms with E-state index < -0.39 is 13.0 Å². The Bertz CT molecular complexity index is 417. The first-order chi connectivity index (χ1) is 11.1. The van der Waals surface area contributed by atoms with Gasteiger partial charge in [0.2, 0.25) is 5.91 Å². The molecular weight excluding hydrogens is 429 g/mol. The van der Waals surface area contributed by atoms with Gasteiger partial charge in [-0.3, -0.25) is 4.79 Å². The number of guanidine groups is 1. The van der Waals surface area contributed by atoms with Gasteiger partial charge in [0, 0.05) is 31.6 Å². The third kappa shape index (κ3) is 6.68. The number of rotatable bonds is 5.